The smallest absolute Gasteiger partial charge is 0.146 e. The molecule has 5 heteroatoms. The van der Waals surface area contributed by atoms with Gasteiger partial charge >= 0.3 is 0 Å². The van der Waals surface area contributed by atoms with Crippen molar-refractivity contribution >= 4 is 43.2 Å². The predicted octanol–water partition coefficient (Wildman–Crippen LogP) is 6.03. The van der Waals surface area contributed by atoms with Crippen LogP contribution in [0.4, 0.5) is 11.4 Å². The van der Waals surface area contributed by atoms with Gasteiger partial charge in [-0.2, -0.15) is 5.11 Å². The average Bonchev–Trinajstić information content (AvgIpc) is 2.39. The van der Waals surface area contributed by atoms with Crippen LogP contribution in [-0.2, 0) is 0 Å². The number of hydrogen-bond donors (Lipinski definition) is 0. The van der Waals surface area contributed by atoms with Crippen LogP contribution in [0.15, 0.2) is 61.6 Å². The summed E-state index contributed by atoms with van der Waals surface area (Å²) in [6.45, 7) is 2.54. The van der Waals surface area contributed by atoms with Crippen LogP contribution in [0, 0.1) is 0 Å². The number of nitrogens with zero attached hydrogens (tertiary/aromatic N) is 2. The molecule has 0 atom stereocenters. The van der Waals surface area contributed by atoms with E-state index in [0.717, 1.165) is 20.4 Å². The monoisotopic (exact) mass is 382 g/mol. The van der Waals surface area contributed by atoms with Gasteiger partial charge in [-0.25, -0.2) is 0 Å². The number of rotatable bonds is 4. The van der Waals surface area contributed by atoms with Crippen LogP contribution in [0.2, 0.25) is 0 Å². The molecule has 0 amide bonds. The van der Waals surface area contributed by atoms with E-state index in [-0.39, 0.29) is 0 Å². The second-order valence-corrected chi connectivity index (χ2v) is 5.56. The highest BCUT2D eigenvalue weighted by Crippen LogP contribution is 2.32. The van der Waals surface area contributed by atoms with Gasteiger partial charge in [-0.1, -0.05) is 37.9 Å². The fourth-order valence-electron chi connectivity index (χ4n) is 1.50. The maximum Gasteiger partial charge on any atom is 0.146 e. The zero-order chi connectivity index (χ0) is 13.7. The molecule has 0 radical (unpaired) electrons. The third-order valence-corrected chi connectivity index (χ3v) is 3.29. The number of azo groups is 1. The molecule has 3 nitrogen and oxygen atoms in total. The summed E-state index contributed by atoms with van der Waals surface area (Å²) in [6.07, 6.45) is 0. The first kappa shape index (κ1) is 14.2. The molecule has 0 bridgehead atoms. The lowest BCUT2D eigenvalue weighted by Gasteiger charge is -2.05. The Balaban J connectivity index is 2.29. The Morgan fingerprint density at radius 1 is 1.00 bits per heavy atom. The summed E-state index contributed by atoms with van der Waals surface area (Å²) in [5.74, 6) is 0.726. The second kappa shape index (κ2) is 6.82. The van der Waals surface area contributed by atoms with Crippen molar-refractivity contribution in [3.8, 4) is 5.75 Å². The number of hydrogen-bond acceptors (Lipinski definition) is 3. The van der Waals surface area contributed by atoms with E-state index < -0.39 is 0 Å². The van der Waals surface area contributed by atoms with Gasteiger partial charge in [-0.05, 0) is 43.3 Å². The molecule has 0 aromatic heterocycles. The molecule has 0 spiro atoms. The Hall–Kier alpha value is -1.20. The molecule has 0 unspecified atom stereocenters. The molecule has 98 valence electrons. The Morgan fingerprint density at radius 3 is 2.53 bits per heavy atom. The molecule has 0 saturated carbocycles. The standard InChI is InChI=1S/C14H12Br2N2O/c1-2-19-14-7-6-11(16)9-13(14)18-17-12-5-3-4-10(15)8-12/h3-9H,2H2,1H3. The molecule has 0 saturated heterocycles. The van der Waals surface area contributed by atoms with Crippen LogP contribution in [0.1, 0.15) is 6.92 Å². The lowest BCUT2D eigenvalue weighted by Crippen LogP contribution is -1.91. The van der Waals surface area contributed by atoms with Crippen LogP contribution in [0.5, 0.6) is 5.75 Å². The molecule has 2 aromatic carbocycles. The summed E-state index contributed by atoms with van der Waals surface area (Å²) in [7, 11) is 0. The lowest BCUT2D eigenvalue weighted by molar-refractivity contribution is 0.341. The van der Waals surface area contributed by atoms with E-state index in [1.165, 1.54) is 0 Å². The van der Waals surface area contributed by atoms with E-state index in [4.69, 9.17) is 4.74 Å². The van der Waals surface area contributed by atoms with E-state index in [1.54, 1.807) is 0 Å². The highest BCUT2D eigenvalue weighted by atomic mass is 79.9. The highest BCUT2D eigenvalue weighted by Gasteiger charge is 2.03. The molecule has 0 fully saturated rings. The van der Waals surface area contributed by atoms with Crippen molar-refractivity contribution in [3.63, 3.8) is 0 Å². The van der Waals surface area contributed by atoms with E-state index >= 15 is 0 Å². The van der Waals surface area contributed by atoms with Gasteiger partial charge in [0.05, 0.1) is 12.3 Å². The summed E-state index contributed by atoms with van der Waals surface area (Å²) in [5, 5.41) is 8.46. The summed E-state index contributed by atoms with van der Waals surface area (Å²) in [5.41, 5.74) is 1.49. The van der Waals surface area contributed by atoms with Gasteiger partial charge in [0.2, 0.25) is 0 Å². The minimum atomic E-state index is 0.598. The molecule has 0 N–H and O–H groups in total. The molecule has 0 aliphatic heterocycles. The maximum absolute atomic E-state index is 5.52. The third kappa shape index (κ3) is 4.14. The van der Waals surface area contributed by atoms with Gasteiger partial charge in [-0.3, -0.25) is 0 Å². The summed E-state index contributed by atoms with van der Waals surface area (Å²) >= 11 is 6.83. The van der Waals surface area contributed by atoms with Crippen molar-refractivity contribution < 1.29 is 4.74 Å². The zero-order valence-corrected chi connectivity index (χ0v) is 13.5. The number of benzene rings is 2. The Labute approximate surface area is 129 Å². The average molecular weight is 384 g/mol. The minimum Gasteiger partial charge on any atom is -0.492 e. The molecule has 2 aromatic rings. The molecule has 0 aliphatic carbocycles. The molecule has 0 heterocycles. The second-order valence-electron chi connectivity index (χ2n) is 3.72. The van der Waals surface area contributed by atoms with Crippen LogP contribution in [-0.4, -0.2) is 6.61 Å². The van der Waals surface area contributed by atoms with Gasteiger partial charge in [-0.15, -0.1) is 5.11 Å². The van der Waals surface area contributed by atoms with Crippen molar-refractivity contribution in [2.45, 2.75) is 6.92 Å². The van der Waals surface area contributed by atoms with Gasteiger partial charge in [0.25, 0.3) is 0 Å². The Bertz CT molecular complexity index is 600. The highest BCUT2D eigenvalue weighted by molar-refractivity contribution is 9.10. The van der Waals surface area contributed by atoms with Gasteiger partial charge in [0.1, 0.15) is 11.4 Å². The van der Waals surface area contributed by atoms with Crippen LogP contribution < -0.4 is 4.74 Å². The van der Waals surface area contributed by atoms with Crippen molar-refractivity contribution in [3.05, 3.63) is 51.4 Å². The van der Waals surface area contributed by atoms with E-state index in [0.29, 0.717) is 12.3 Å². The Morgan fingerprint density at radius 2 is 1.79 bits per heavy atom. The normalized spacial score (nSPS) is 10.9. The van der Waals surface area contributed by atoms with Gasteiger partial charge in [0, 0.05) is 8.95 Å². The first-order chi connectivity index (χ1) is 9.19. The SMILES string of the molecule is CCOc1ccc(Br)cc1N=Nc1cccc(Br)c1. The van der Waals surface area contributed by atoms with Gasteiger partial charge in [0.15, 0.2) is 0 Å². The van der Waals surface area contributed by atoms with Crippen LogP contribution in [0.25, 0.3) is 0 Å². The van der Waals surface area contributed by atoms with Gasteiger partial charge < -0.3 is 4.74 Å². The molecule has 0 aliphatic rings. The lowest BCUT2D eigenvalue weighted by atomic mass is 10.3. The minimum absolute atomic E-state index is 0.598. The molecule has 2 rings (SSSR count). The number of halogens is 2. The molecular weight excluding hydrogens is 372 g/mol. The Kier molecular flexibility index (Phi) is 5.10. The quantitative estimate of drug-likeness (QED) is 0.593. The first-order valence-corrected chi connectivity index (χ1v) is 7.37. The van der Waals surface area contributed by atoms with E-state index in [1.807, 2.05) is 49.4 Å². The topological polar surface area (TPSA) is 34.0 Å². The van der Waals surface area contributed by atoms with E-state index in [9.17, 15) is 0 Å². The van der Waals surface area contributed by atoms with Crippen molar-refractivity contribution in [2.24, 2.45) is 10.2 Å². The summed E-state index contributed by atoms with van der Waals surface area (Å²) < 4.78 is 7.44. The van der Waals surface area contributed by atoms with Crippen molar-refractivity contribution in [1.29, 1.82) is 0 Å². The fraction of sp³-hybridized carbons (Fsp3) is 0.143. The predicted molar refractivity (Wildman–Crippen MR) is 83.6 cm³/mol. The molecular formula is C14H12Br2N2O. The van der Waals surface area contributed by atoms with Crippen LogP contribution in [0.3, 0.4) is 0 Å². The maximum atomic E-state index is 5.52. The third-order valence-electron chi connectivity index (χ3n) is 2.30. The molecule has 19 heavy (non-hydrogen) atoms. The van der Waals surface area contributed by atoms with Crippen LogP contribution >= 0.6 is 31.9 Å². The first-order valence-electron chi connectivity index (χ1n) is 5.78. The van der Waals surface area contributed by atoms with Crippen molar-refractivity contribution in [1.82, 2.24) is 0 Å². The number of ether oxygens (including phenoxy) is 1. The zero-order valence-electron chi connectivity index (χ0n) is 10.3. The summed E-state index contributed by atoms with van der Waals surface area (Å²) in [4.78, 5) is 0. The van der Waals surface area contributed by atoms with E-state index in [2.05, 4.69) is 42.1 Å². The van der Waals surface area contributed by atoms with Crippen molar-refractivity contribution in [2.75, 3.05) is 6.61 Å². The fourth-order valence-corrected chi connectivity index (χ4v) is 2.23. The largest absolute Gasteiger partial charge is 0.492 e. The summed E-state index contributed by atoms with van der Waals surface area (Å²) in [6, 6.07) is 13.3.